The Morgan fingerprint density at radius 2 is 1.76 bits per heavy atom. The molecule has 1 fully saturated rings. The van der Waals surface area contributed by atoms with Gasteiger partial charge in [-0.3, -0.25) is 9.59 Å². The molecule has 0 saturated carbocycles. The molecule has 1 aliphatic rings. The van der Waals surface area contributed by atoms with Crippen LogP contribution >= 0.6 is 0 Å². The fraction of sp³-hybridized carbons (Fsp3) is 0.529. The predicted molar refractivity (Wildman–Crippen MR) is 83.1 cm³/mol. The van der Waals surface area contributed by atoms with Gasteiger partial charge in [-0.25, -0.2) is 0 Å². The Morgan fingerprint density at radius 3 is 2.33 bits per heavy atom. The Labute approximate surface area is 126 Å². The zero-order valence-corrected chi connectivity index (χ0v) is 13.1. The van der Waals surface area contributed by atoms with Gasteiger partial charge in [-0.05, 0) is 37.3 Å². The van der Waals surface area contributed by atoms with Crippen LogP contribution in [-0.2, 0) is 4.79 Å². The van der Waals surface area contributed by atoms with Gasteiger partial charge in [0.05, 0.1) is 0 Å². The molecular weight excluding hydrogens is 264 g/mol. The molecule has 0 spiro atoms. The van der Waals surface area contributed by atoms with Crippen LogP contribution in [0.2, 0.25) is 0 Å². The SMILES string of the molecule is Cc1ccccc1C(=O)NC(C(=O)N1CCCC1)C(C)C. The Balaban J connectivity index is 2.11. The van der Waals surface area contributed by atoms with E-state index in [0.717, 1.165) is 31.5 Å². The summed E-state index contributed by atoms with van der Waals surface area (Å²) < 4.78 is 0. The number of carbonyl (C=O) groups is 2. The zero-order valence-electron chi connectivity index (χ0n) is 13.1. The normalized spacial score (nSPS) is 16.1. The van der Waals surface area contributed by atoms with Crippen molar-refractivity contribution < 1.29 is 9.59 Å². The Hall–Kier alpha value is -1.84. The topological polar surface area (TPSA) is 49.4 Å². The number of rotatable bonds is 4. The van der Waals surface area contributed by atoms with Gasteiger partial charge in [-0.1, -0.05) is 32.0 Å². The molecule has 1 aromatic carbocycles. The molecule has 1 heterocycles. The fourth-order valence-corrected chi connectivity index (χ4v) is 2.69. The third-order valence-corrected chi connectivity index (χ3v) is 4.03. The molecule has 1 N–H and O–H groups in total. The number of likely N-dealkylation sites (tertiary alicyclic amines) is 1. The molecule has 2 amide bonds. The molecule has 114 valence electrons. The van der Waals surface area contributed by atoms with E-state index in [4.69, 9.17) is 0 Å². The quantitative estimate of drug-likeness (QED) is 0.924. The first-order valence-electron chi connectivity index (χ1n) is 7.66. The number of hydrogen-bond acceptors (Lipinski definition) is 2. The minimum atomic E-state index is -0.449. The van der Waals surface area contributed by atoms with E-state index in [0.29, 0.717) is 5.56 Å². The highest BCUT2D eigenvalue weighted by atomic mass is 16.2. The molecule has 1 aromatic rings. The Kier molecular flexibility index (Phi) is 4.99. The van der Waals surface area contributed by atoms with Crippen molar-refractivity contribution >= 4 is 11.8 Å². The van der Waals surface area contributed by atoms with Crippen molar-refractivity contribution in [2.24, 2.45) is 5.92 Å². The Morgan fingerprint density at radius 1 is 1.14 bits per heavy atom. The molecule has 0 bridgehead atoms. The highest BCUT2D eigenvalue weighted by molar-refractivity contribution is 5.98. The molecule has 4 nitrogen and oxygen atoms in total. The van der Waals surface area contributed by atoms with Crippen LogP contribution < -0.4 is 5.32 Å². The number of nitrogens with zero attached hydrogens (tertiary/aromatic N) is 1. The minimum absolute atomic E-state index is 0.0458. The van der Waals surface area contributed by atoms with Crippen LogP contribution in [0.25, 0.3) is 0 Å². The summed E-state index contributed by atoms with van der Waals surface area (Å²) in [6, 6.07) is 7.00. The molecule has 2 rings (SSSR count). The van der Waals surface area contributed by atoms with Crippen molar-refractivity contribution in [2.75, 3.05) is 13.1 Å². The van der Waals surface area contributed by atoms with E-state index < -0.39 is 6.04 Å². The van der Waals surface area contributed by atoms with E-state index in [9.17, 15) is 9.59 Å². The van der Waals surface area contributed by atoms with E-state index in [1.807, 2.05) is 43.9 Å². The van der Waals surface area contributed by atoms with Crippen LogP contribution in [0.5, 0.6) is 0 Å². The van der Waals surface area contributed by atoms with Crippen molar-refractivity contribution in [1.29, 1.82) is 0 Å². The second kappa shape index (κ2) is 6.74. The van der Waals surface area contributed by atoms with Crippen molar-refractivity contribution in [3.8, 4) is 0 Å². The number of hydrogen-bond donors (Lipinski definition) is 1. The van der Waals surface area contributed by atoms with Gasteiger partial charge in [0.15, 0.2) is 0 Å². The predicted octanol–water partition coefficient (Wildman–Crippen LogP) is 2.37. The summed E-state index contributed by atoms with van der Waals surface area (Å²) in [5.74, 6) is -0.0464. The third-order valence-electron chi connectivity index (χ3n) is 4.03. The van der Waals surface area contributed by atoms with Crippen molar-refractivity contribution in [1.82, 2.24) is 10.2 Å². The summed E-state index contributed by atoms with van der Waals surface area (Å²) in [5.41, 5.74) is 1.56. The highest BCUT2D eigenvalue weighted by Crippen LogP contribution is 2.14. The number of aryl methyl sites for hydroxylation is 1. The Bertz CT molecular complexity index is 519. The third kappa shape index (κ3) is 3.63. The van der Waals surface area contributed by atoms with Gasteiger partial charge in [-0.15, -0.1) is 0 Å². The summed E-state index contributed by atoms with van der Waals surface area (Å²) in [6.07, 6.45) is 2.12. The summed E-state index contributed by atoms with van der Waals surface area (Å²) in [7, 11) is 0. The van der Waals surface area contributed by atoms with Crippen LogP contribution in [0.3, 0.4) is 0 Å². The van der Waals surface area contributed by atoms with Gasteiger partial charge in [0, 0.05) is 18.7 Å². The lowest BCUT2D eigenvalue weighted by Crippen LogP contribution is -2.50. The molecule has 0 aliphatic carbocycles. The van der Waals surface area contributed by atoms with Gasteiger partial charge in [0.2, 0.25) is 5.91 Å². The zero-order chi connectivity index (χ0) is 15.4. The minimum Gasteiger partial charge on any atom is -0.341 e. The number of nitrogens with one attached hydrogen (secondary N) is 1. The van der Waals surface area contributed by atoms with Gasteiger partial charge in [0.1, 0.15) is 6.04 Å². The van der Waals surface area contributed by atoms with Crippen LogP contribution in [0.1, 0.15) is 42.6 Å². The fourth-order valence-electron chi connectivity index (χ4n) is 2.69. The summed E-state index contributed by atoms with van der Waals surface area (Å²) in [5, 5.41) is 2.92. The van der Waals surface area contributed by atoms with Crippen molar-refractivity contribution in [3.05, 3.63) is 35.4 Å². The second-order valence-corrected chi connectivity index (χ2v) is 6.04. The number of amides is 2. The van der Waals surface area contributed by atoms with E-state index in [2.05, 4.69) is 5.32 Å². The van der Waals surface area contributed by atoms with Gasteiger partial charge < -0.3 is 10.2 Å². The molecule has 4 heteroatoms. The first-order chi connectivity index (χ1) is 10.0. The maximum absolute atomic E-state index is 12.5. The van der Waals surface area contributed by atoms with Gasteiger partial charge in [0.25, 0.3) is 5.91 Å². The van der Waals surface area contributed by atoms with Crippen LogP contribution in [-0.4, -0.2) is 35.8 Å². The van der Waals surface area contributed by atoms with Crippen LogP contribution in [0.4, 0.5) is 0 Å². The molecule has 1 aliphatic heterocycles. The van der Waals surface area contributed by atoms with Gasteiger partial charge >= 0.3 is 0 Å². The monoisotopic (exact) mass is 288 g/mol. The van der Waals surface area contributed by atoms with E-state index in [1.165, 1.54) is 0 Å². The highest BCUT2D eigenvalue weighted by Gasteiger charge is 2.30. The first-order valence-corrected chi connectivity index (χ1v) is 7.66. The standard InChI is InChI=1S/C17H24N2O2/c1-12(2)15(17(21)19-10-6-7-11-19)18-16(20)14-9-5-4-8-13(14)3/h4-5,8-9,12,15H,6-7,10-11H2,1-3H3,(H,18,20). The van der Waals surface area contributed by atoms with Gasteiger partial charge in [-0.2, -0.15) is 0 Å². The number of carbonyl (C=O) groups excluding carboxylic acids is 2. The first kappa shape index (κ1) is 15.5. The molecule has 1 saturated heterocycles. The molecular formula is C17H24N2O2. The molecule has 0 aromatic heterocycles. The van der Waals surface area contributed by atoms with E-state index >= 15 is 0 Å². The molecule has 0 radical (unpaired) electrons. The summed E-state index contributed by atoms with van der Waals surface area (Å²) in [4.78, 5) is 26.8. The lowest BCUT2D eigenvalue weighted by Gasteiger charge is -2.26. The average Bonchev–Trinajstić information content (AvgIpc) is 2.98. The van der Waals surface area contributed by atoms with E-state index in [1.54, 1.807) is 6.07 Å². The largest absolute Gasteiger partial charge is 0.341 e. The molecule has 21 heavy (non-hydrogen) atoms. The summed E-state index contributed by atoms with van der Waals surface area (Å²) in [6.45, 7) is 7.46. The van der Waals surface area contributed by atoms with Crippen LogP contribution in [0, 0.1) is 12.8 Å². The second-order valence-electron chi connectivity index (χ2n) is 6.04. The lowest BCUT2D eigenvalue weighted by molar-refractivity contribution is -0.133. The smallest absolute Gasteiger partial charge is 0.252 e. The van der Waals surface area contributed by atoms with E-state index in [-0.39, 0.29) is 17.7 Å². The lowest BCUT2D eigenvalue weighted by atomic mass is 10.0. The maximum atomic E-state index is 12.5. The molecule has 1 unspecified atom stereocenters. The number of benzene rings is 1. The van der Waals surface area contributed by atoms with Crippen LogP contribution in [0.15, 0.2) is 24.3 Å². The average molecular weight is 288 g/mol. The maximum Gasteiger partial charge on any atom is 0.252 e. The molecule has 1 atom stereocenters. The van der Waals surface area contributed by atoms with Crippen molar-refractivity contribution in [2.45, 2.75) is 39.7 Å². The van der Waals surface area contributed by atoms with Crippen molar-refractivity contribution in [3.63, 3.8) is 0 Å². The summed E-state index contributed by atoms with van der Waals surface area (Å²) >= 11 is 0.